The molecule has 0 saturated carbocycles. The number of carbonyl (C=O) groups is 1. The molecule has 0 radical (unpaired) electrons. The summed E-state index contributed by atoms with van der Waals surface area (Å²) in [5.41, 5.74) is 7.11. The highest BCUT2D eigenvalue weighted by molar-refractivity contribution is 6.33. The first-order valence-electron chi connectivity index (χ1n) is 4.27. The van der Waals surface area contributed by atoms with E-state index in [1.165, 1.54) is 6.92 Å². The van der Waals surface area contributed by atoms with Gasteiger partial charge in [-0.25, -0.2) is 0 Å². The lowest BCUT2D eigenvalue weighted by molar-refractivity contribution is -0.140. The zero-order valence-corrected chi connectivity index (χ0v) is 8.67. The summed E-state index contributed by atoms with van der Waals surface area (Å²) in [4.78, 5) is 10.5. The summed E-state index contributed by atoms with van der Waals surface area (Å²) in [5, 5.41) is 0.533. The van der Waals surface area contributed by atoms with Gasteiger partial charge >= 0.3 is 5.97 Å². The van der Waals surface area contributed by atoms with Crippen LogP contribution in [0.5, 0.6) is 0 Å². The first-order valence-corrected chi connectivity index (χ1v) is 4.64. The number of esters is 1. The Morgan fingerprint density at radius 2 is 2.29 bits per heavy atom. The number of benzene rings is 1. The van der Waals surface area contributed by atoms with E-state index in [1.807, 2.05) is 6.07 Å². The van der Waals surface area contributed by atoms with Gasteiger partial charge < -0.3 is 10.5 Å². The van der Waals surface area contributed by atoms with Gasteiger partial charge in [-0.2, -0.15) is 0 Å². The molecule has 0 spiro atoms. The van der Waals surface area contributed by atoms with Gasteiger partial charge in [-0.1, -0.05) is 17.7 Å². The van der Waals surface area contributed by atoms with Crippen LogP contribution in [-0.2, 0) is 16.0 Å². The summed E-state index contributed by atoms with van der Waals surface area (Å²) in [6.45, 7) is 1.76. The molecule has 0 atom stereocenters. The third kappa shape index (κ3) is 3.26. The average Bonchev–Trinajstić information content (AvgIpc) is 2.10. The predicted octanol–water partition coefficient (Wildman–Crippen LogP) is 2.03. The number of rotatable bonds is 3. The number of ether oxygens (including phenoxy) is 1. The second-order valence-corrected chi connectivity index (χ2v) is 3.35. The number of hydrogen-bond donors (Lipinski definition) is 1. The van der Waals surface area contributed by atoms with E-state index < -0.39 is 0 Å². The minimum atomic E-state index is -0.272. The molecule has 76 valence electrons. The quantitative estimate of drug-likeness (QED) is 0.618. The molecule has 0 bridgehead atoms. The third-order valence-corrected chi connectivity index (χ3v) is 2.09. The van der Waals surface area contributed by atoms with Gasteiger partial charge in [0.25, 0.3) is 0 Å². The van der Waals surface area contributed by atoms with Crippen molar-refractivity contribution in [3.8, 4) is 0 Å². The fourth-order valence-electron chi connectivity index (χ4n) is 1.04. The van der Waals surface area contributed by atoms with E-state index in [0.29, 0.717) is 23.7 Å². The standard InChI is InChI=1S/C10H12ClNO2/c1-7(13)14-5-4-8-2-3-10(12)9(11)6-8/h2-3,6H,4-5,12H2,1H3. The Kier molecular flexibility index (Phi) is 3.77. The van der Waals surface area contributed by atoms with Crippen molar-refractivity contribution in [2.45, 2.75) is 13.3 Å². The van der Waals surface area contributed by atoms with Gasteiger partial charge in [0.05, 0.1) is 17.3 Å². The van der Waals surface area contributed by atoms with Crippen LogP contribution in [0.25, 0.3) is 0 Å². The SMILES string of the molecule is CC(=O)OCCc1ccc(N)c(Cl)c1. The van der Waals surface area contributed by atoms with Crippen molar-refractivity contribution >= 4 is 23.3 Å². The zero-order valence-electron chi connectivity index (χ0n) is 7.92. The van der Waals surface area contributed by atoms with E-state index in [0.717, 1.165) is 5.56 Å². The molecular weight excluding hydrogens is 202 g/mol. The Morgan fingerprint density at radius 3 is 2.86 bits per heavy atom. The third-order valence-electron chi connectivity index (χ3n) is 1.76. The average molecular weight is 214 g/mol. The molecule has 1 rings (SSSR count). The Bertz CT molecular complexity index is 339. The lowest BCUT2D eigenvalue weighted by Crippen LogP contribution is -2.03. The summed E-state index contributed by atoms with van der Waals surface area (Å²) in [5.74, 6) is -0.272. The largest absolute Gasteiger partial charge is 0.466 e. The first-order chi connectivity index (χ1) is 6.59. The van der Waals surface area contributed by atoms with Gasteiger partial charge in [0.15, 0.2) is 0 Å². The normalized spacial score (nSPS) is 9.86. The molecule has 0 aliphatic carbocycles. The topological polar surface area (TPSA) is 52.3 Å². The molecule has 0 amide bonds. The number of hydrogen-bond acceptors (Lipinski definition) is 3. The molecule has 0 aliphatic rings. The summed E-state index contributed by atoms with van der Waals surface area (Å²) in [6.07, 6.45) is 0.652. The van der Waals surface area contributed by atoms with Crippen molar-refractivity contribution in [3.05, 3.63) is 28.8 Å². The number of halogens is 1. The molecule has 0 unspecified atom stereocenters. The van der Waals surface area contributed by atoms with Crippen LogP contribution in [0.15, 0.2) is 18.2 Å². The Labute approximate surface area is 87.8 Å². The molecule has 4 heteroatoms. The molecule has 0 saturated heterocycles. The molecule has 0 fully saturated rings. The minimum Gasteiger partial charge on any atom is -0.466 e. The second-order valence-electron chi connectivity index (χ2n) is 2.95. The molecular formula is C10H12ClNO2. The molecule has 2 N–H and O–H groups in total. The Hall–Kier alpha value is -1.22. The highest BCUT2D eigenvalue weighted by Gasteiger charge is 1.99. The predicted molar refractivity (Wildman–Crippen MR) is 56.2 cm³/mol. The van der Waals surface area contributed by atoms with Crippen molar-refractivity contribution in [3.63, 3.8) is 0 Å². The van der Waals surface area contributed by atoms with Crippen LogP contribution in [0.2, 0.25) is 5.02 Å². The number of nitrogen functional groups attached to an aromatic ring is 1. The zero-order chi connectivity index (χ0) is 10.6. The maximum Gasteiger partial charge on any atom is 0.302 e. The van der Waals surface area contributed by atoms with Crippen LogP contribution in [0, 0.1) is 0 Å². The van der Waals surface area contributed by atoms with E-state index in [-0.39, 0.29) is 5.97 Å². The van der Waals surface area contributed by atoms with Crippen LogP contribution in [0.3, 0.4) is 0 Å². The van der Waals surface area contributed by atoms with Crippen molar-refractivity contribution in [1.29, 1.82) is 0 Å². The van der Waals surface area contributed by atoms with Gasteiger partial charge in [0, 0.05) is 13.3 Å². The van der Waals surface area contributed by atoms with E-state index in [4.69, 9.17) is 22.1 Å². The fourth-order valence-corrected chi connectivity index (χ4v) is 1.24. The molecule has 0 heterocycles. The minimum absolute atomic E-state index is 0.272. The number of carbonyl (C=O) groups excluding carboxylic acids is 1. The lowest BCUT2D eigenvalue weighted by Gasteiger charge is -2.04. The lowest BCUT2D eigenvalue weighted by atomic mass is 10.1. The van der Waals surface area contributed by atoms with Crippen molar-refractivity contribution in [2.24, 2.45) is 0 Å². The van der Waals surface area contributed by atoms with Crippen molar-refractivity contribution in [1.82, 2.24) is 0 Å². The number of nitrogens with two attached hydrogens (primary N) is 1. The first kappa shape index (κ1) is 10.9. The summed E-state index contributed by atoms with van der Waals surface area (Å²) >= 11 is 5.82. The van der Waals surface area contributed by atoms with Crippen LogP contribution < -0.4 is 5.73 Å². The summed E-state index contributed by atoms with van der Waals surface area (Å²) in [7, 11) is 0. The molecule has 14 heavy (non-hydrogen) atoms. The highest BCUT2D eigenvalue weighted by Crippen LogP contribution is 2.19. The van der Waals surface area contributed by atoms with E-state index in [2.05, 4.69) is 0 Å². The molecule has 0 aromatic heterocycles. The van der Waals surface area contributed by atoms with Gasteiger partial charge in [0.2, 0.25) is 0 Å². The van der Waals surface area contributed by atoms with Gasteiger partial charge in [-0.3, -0.25) is 4.79 Å². The smallest absolute Gasteiger partial charge is 0.302 e. The summed E-state index contributed by atoms with van der Waals surface area (Å²) in [6, 6.07) is 5.39. The Balaban J connectivity index is 2.51. The second kappa shape index (κ2) is 4.86. The monoisotopic (exact) mass is 213 g/mol. The van der Waals surface area contributed by atoms with Crippen molar-refractivity contribution in [2.75, 3.05) is 12.3 Å². The molecule has 0 aliphatic heterocycles. The molecule has 3 nitrogen and oxygen atoms in total. The molecule has 1 aromatic rings. The van der Waals surface area contributed by atoms with E-state index in [1.54, 1.807) is 12.1 Å². The van der Waals surface area contributed by atoms with Gasteiger partial charge in [-0.05, 0) is 17.7 Å². The maximum atomic E-state index is 10.5. The van der Waals surface area contributed by atoms with Crippen LogP contribution in [-0.4, -0.2) is 12.6 Å². The van der Waals surface area contributed by atoms with Crippen LogP contribution in [0.1, 0.15) is 12.5 Å². The molecule has 1 aromatic carbocycles. The highest BCUT2D eigenvalue weighted by atomic mass is 35.5. The van der Waals surface area contributed by atoms with Crippen molar-refractivity contribution < 1.29 is 9.53 Å². The van der Waals surface area contributed by atoms with E-state index in [9.17, 15) is 4.79 Å². The summed E-state index contributed by atoms with van der Waals surface area (Å²) < 4.78 is 4.80. The van der Waals surface area contributed by atoms with Crippen LogP contribution >= 0.6 is 11.6 Å². The van der Waals surface area contributed by atoms with E-state index >= 15 is 0 Å². The van der Waals surface area contributed by atoms with Gasteiger partial charge in [-0.15, -0.1) is 0 Å². The van der Waals surface area contributed by atoms with Crippen LogP contribution in [0.4, 0.5) is 5.69 Å². The fraction of sp³-hybridized carbons (Fsp3) is 0.300. The maximum absolute atomic E-state index is 10.5. The Morgan fingerprint density at radius 1 is 1.57 bits per heavy atom. The van der Waals surface area contributed by atoms with Gasteiger partial charge in [0.1, 0.15) is 0 Å². The number of anilines is 1.